The first-order valence-electron chi connectivity index (χ1n) is 6.16. The van der Waals surface area contributed by atoms with Crippen LogP contribution in [0.15, 0.2) is 36.5 Å². The van der Waals surface area contributed by atoms with Gasteiger partial charge in [-0.1, -0.05) is 6.07 Å². The fourth-order valence-corrected chi connectivity index (χ4v) is 2.98. The Morgan fingerprint density at radius 3 is 2.84 bits per heavy atom. The average molecular weight is 279 g/mol. The monoisotopic (exact) mass is 279 g/mol. The Morgan fingerprint density at radius 1 is 1.21 bits per heavy atom. The second-order valence-electron chi connectivity index (χ2n) is 4.33. The van der Waals surface area contributed by atoms with E-state index in [0.29, 0.717) is 25.1 Å². The van der Waals surface area contributed by atoms with Gasteiger partial charge in [-0.3, -0.25) is 9.71 Å². The number of hydrogen-bond acceptors (Lipinski definition) is 4. The summed E-state index contributed by atoms with van der Waals surface area (Å²) in [5.41, 5.74) is 6.75. The molecule has 0 aliphatic heterocycles. The van der Waals surface area contributed by atoms with Crippen LogP contribution in [0.4, 0.5) is 5.69 Å². The van der Waals surface area contributed by atoms with Gasteiger partial charge in [-0.05, 0) is 43.7 Å². The van der Waals surface area contributed by atoms with Crippen LogP contribution in [0.2, 0.25) is 0 Å². The average Bonchev–Trinajstić information content (AvgIpc) is 2.38. The van der Waals surface area contributed by atoms with Gasteiger partial charge in [-0.2, -0.15) is 0 Å². The van der Waals surface area contributed by atoms with Crippen LogP contribution in [-0.4, -0.2) is 25.7 Å². The number of hydrogen-bond donors (Lipinski definition) is 2. The van der Waals surface area contributed by atoms with Crippen LogP contribution in [0, 0.1) is 0 Å². The summed E-state index contributed by atoms with van der Waals surface area (Å²) >= 11 is 0. The SMILES string of the molecule is NCCCCS(=O)(=O)Nc1ccc2ncccc2c1. The molecule has 0 fully saturated rings. The zero-order valence-electron chi connectivity index (χ0n) is 10.5. The van der Waals surface area contributed by atoms with E-state index in [2.05, 4.69) is 9.71 Å². The van der Waals surface area contributed by atoms with Gasteiger partial charge in [0.05, 0.1) is 11.3 Å². The van der Waals surface area contributed by atoms with E-state index >= 15 is 0 Å². The minimum atomic E-state index is -3.30. The van der Waals surface area contributed by atoms with E-state index in [1.807, 2.05) is 12.1 Å². The third-order valence-electron chi connectivity index (χ3n) is 2.74. The van der Waals surface area contributed by atoms with E-state index in [-0.39, 0.29) is 5.75 Å². The predicted molar refractivity (Wildman–Crippen MR) is 77.4 cm³/mol. The maximum atomic E-state index is 11.8. The quantitative estimate of drug-likeness (QED) is 0.788. The second kappa shape index (κ2) is 5.99. The number of aromatic nitrogens is 1. The highest BCUT2D eigenvalue weighted by atomic mass is 32.2. The molecule has 0 saturated carbocycles. The number of pyridine rings is 1. The lowest BCUT2D eigenvalue weighted by atomic mass is 10.2. The van der Waals surface area contributed by atoms with Gasteiger partial charge in [0.2, 0.25) is 10.0 Å². The number of nitrogens with one attached hydrogen (secondary N) is 1. The van der Waals surface area contributed by atoms with Crippen molar-refractivity contribution in [1.29, 1.82) is 0 Å². The number of benzene rings is 1. The van der Waals surface area contributed by atoms with Gasteiger partial charge in [0.1, 0.15) is 0 Å². The fraction of sp³-hybridized carbons (Fsp3) is 0.308. The number of nitrogens with zero attached hydrogens (tertiary/aromatic N) is 1. The van der Waals surface area contributed by atoms with Gasteiger partial charge in [0, 0.05) is 17.3 Å². The molecule has 1 aromatic carbocycles. The Kier molecular flexibility index (Phi) is 4.34. The Bertz CT molecular complexity index is 656. The molecular formula is C13H17N3O2S. The highest BCUT2D eigenvalue weighted by Crippen LogP contribution is 2.18. The molecule has 0 spiro atoms. The van der Waals surface area contributed by atoms with E-state index in [4.69, 9.17) is 5.73 Å². The number of fused-ring (bicyclic) bond motifs is 1. The molecule has 0 atom stereocenters. The molecule has 0 radical (unpaired) electrons. The van der Waals surface area contributed by atoms with Crippen LogP contribution in [-0.2, 0) is 10.0 Å². The van der Waals surface area contributed by atoms with Crippen LogP contribution in [0.5, 0.6) is 0 Å². The van der Waals surface area contributed by atoms with Crippen molar-refractivity contribution in [1.82, 2.24) is 4.98 Å². The normalized spacial score (nSPS) is 11.6. The molecule has 5 nitrogen and oxygen atoms in total. The van der Waals surface area contributed by atoms with Crippen molar-refractivity contribution >= 4 is 26.6 Å². The summed E-state index contributed by atoms with van der Waals surface area (Å²) in [5, 5.41) is 0.907. The van der Waals surface area contributed by atoms with Crippen molar-refractivity contribution in [3.05, 3.63) is 36.5 Å². The van der Waals surface area contributed by atoms with E-state index in [9.17, 15) is 8.42 Å². The Morgan fingerprint density at radius 2 is 2.05 bits per heavy atom. The standard InChI is InChI=1S/C13H17N3O2S/c14-7-1-2-9-19(17,18)16-12-5-6-13-11(10-12)4-3-8-15-13/h3-6,8,10,16H,1-2,7,9,14H2. The third kappa shape index (κ3) is 3.90. The first-order chi connectivity index (χ1) is 9.11. The molecule has 0 unspecified atom stereocenters. The van der Waals surface area contributed by atoms with E-state index in [0.717, 1.165) is 10.9 Å². The van der Waals surface area contributed by atoms with Crippen LogP contribution in [0.1, 0.15) is 12.8 Å². The number of unbranched alkanes of at least 4 members (excludes halogenated alkanes) is 1. The van der Waals surface area contributed by atoms with Crippen molar-refractivity contribution in [2.45, 2.75) is 12.8 Å². The summed E-state index contributed by atoms with van der Waals surface area (Å²) in [6.45, 7) is 0.511. The topological polar surface area (TPSA) is 85.1 Å². The summed E-state index contributed by atoms with van der Waals surface area (Å²) in [5.74, 6) is 0.0925. The largest absolute Gasteiger partial charge is 0.330 e. The molecule has 2 rings (SSSR count). The lowest BCUT2D eigenvalue weighted by Gasteiger charge is -2.08. The first-order valence-corrected chi connectivity index (χ1v) is 7.81. The third-order valence-corrected chi connectivity index (χ3v) is 4.12. The minimum absolute atomic E-state index is 0.0925. The molecule has 0 bridgehead atoms. The van der Waals surface area contributed by atoms with Crippen molar-refractivity contribution in [3.63, 3.8) is 0 Å². The summed E-state index contributed by atoms with van der Waals surface area (Å²) in [6.07, 6.45) is 2.99. The van der Waals surface area contributed by atoms with Crippen molar-refractivity contribution in [2.75, 3.05) is 17.0 Å². The van der Waals surface area contributed by atoms with Crippen molar-refractivity contribution in [2.24, 2.45) is 5.73 Å². The number of sulfonamides is 1. The van der Waals surface area contributed by atoms with Gasteiger partial charge < -0.3 is 5.73 Å². The smallest absolute Gasteiger partial charge is 0.232 e. The second-order valence-corrected chi connectivity index (χ2v) is 6.17. The number of nitrogens with two attached hydrogens (primary N) is 1. The molecule has 1 aromatic heterocycles. The Balaban J connectivity index is 2.12. The van der Waals surface area contributed by atoms with Crippen LogP contribution < -0.4 is 10.5 Å². The van der Waals surface area contributed by atoms with Gasteiger partial charge in [0.15, 0.2) is 0 Å². The molecule has 0 amide bonds. The summed E-state index contributed by atoms with van der Waals surface area (Å²) in [4.78, 5) is 4.19. The first kappa shape index (κ1) is 13.8. The molecule has 0 aliphatic carbocycles. The van der Waals surface area contributed by atoms with Crippen LogP contribution >= 0.6 is 0 Å². The number of anilines is 1. The van der Waals surface area contributed by atoms with Crippen molar-refractivity contribution in [3.8, 4) is 0 Å². The molecule has 19 heavy (non-hydrogen) atoms. The van der Waals surface area contributed by atoms with E-state index in [1.165, 1.54) is 0 Å². The summed E-state index contributed by atoms with van der Waals surface area (Å²) in [7, 11) is -3.30. The van der Waals surface area contributed by atoms with Gasteiger partial charge in [0.25, 0.3) is 0 Å². The van der Waals surface area contributed by atoms with Gasteiger partial charge in [-0.25, -0.2) is 8.42 Å². The zero-order valence-corrected chi connectivity index (χ0v) is 11.4. The lowest BCUT2D eigenvalue weighted by molar-refractivity contribution is 0.597. The Labute approximate surface area is 112 Å². The lowest BCUT2D eigenvalue weighted by Crippen LogP contribution is -2.17. The van der Waals surface area contributed by atoms with Gasteiger partial charge >= 0.3 is 0 Å². The predicted octanol–water partition coefficient (Wildman–Crippen LogP) is 1.72. The fourth-order valence-electron chi connectivity index (χ4n) is 1.81. The van der Waals surface area contributed by atoms with Crippen LogP contribution in [0.25, 0.3) is 10.9 Å². The molecule has 6 heteroatoms. The zero-order chi connectivity index (χ0) is 13.7. The van der Waals surface area contributed by atoms with Crippen molar-refractivity contribution < 1.29 is 8.42 Å². The summed E-state index contributed by atoms with van der Waals surface area (Å²) in [6, 6.07) is 9.02. The Hall–Kier alpha value is -1.66. The molecule has 0 aliphatic rings. The van der Waals surface area contributed by atoms with E-state index < -0.39 is 10.0 Å². The van der Waals surface area contributed by atoms with Gasteiger partial charge in [-0.15, -0.1) is 0 Å². The molecule has 0 saturated heterocycles. The molecule has 3 N–H and O–H groups in total. The summed E-state index contributed by atoms with van der Waals surface area (Å²) < 4.78 is 26.3. The highest BCUT2D eigenvalue weighted by Gasteiger charge is 2.10. The minimum Gasteiger partial charge on any atom is -0.330 e. The van der Waals surface area contributed by atoms with E-state index in [1.54, 1.807) is 24.4 Å². The molecule has 2 aromatic rings. The number of rotatable bonds is 6. The van der Waals surface area contributed by atoms with Crippen LogP contribution in [0.3, 0.4) is 0 Å². The maximum Gasteiger partial charge on any atom is 0.232 e. The molecule has 1 heterocycles. The molecule has 102 valence electrons. The molecular weight excluding hydrogens is 262 g/mol. The maximum absolute atomic E-state index is 11.8. The highest BCUT2D eigenvalue weighted by molar-refractivity contribution is 7.92.